The summed E-state index contributed by atoms with van der Waals surface area (Å²) in [6, 6.07) is 0. The van der Waals surface area contributed by atoms with Crippen molar-refractivity contribution in [1.82, 2.24) is 0 Å². The Morgan fingerprint density at radius 3 is 1.43 bits per heavy atom. The van der Waals surface area contributed by atoms with Gasteiger partial charge in [0, 0.05) is 0 Å². The molecule has 0 aliphatic carbocycles. The predicted molar refractivity (Wildman–Crippen MR) is 32.4 cm³/mol. The highest BCUT2D eigenvalue weighted by molar-refractivity contribution is 6.16. The molecular formula is C5H12ClF. The molecule has 0 aliphatic heterocycles. The van der Waals surface area contributed by atoms with Gasteiger partial charge in [-0.1, -0.05) is 38.3 Å². The number of hydrogen-bond acceptors (Lipinski definition) is 0. The van der Waals surface area contributed by atoms with Crippen molar-refractivity contribution in [3.63, 3.8) is 0 Å². The normalized spacial score (nSPS) is 6.86. The topological polar surface area (TPSA) is 0 Å². The van der Waals surface area contributed by atoms with E-state index in [1.807, 2.05) is 0 Å². The second kappa shape index (κ2) is 16.3. The fourth-order valence-corrected chi connectivity index (χ4v) is 0. The van der Waals surface area contributed by atoms with Gasteiger partial charge in [0.1, 0.15) is 0 Å². The molecule has 0 radical (unpaired) electrons. The Morgan fingerprint density at radius 1 is 1.29 bits per heavy atom. The highest BCUT2D eigenvalue weighted by Gasteiger charge is 1.56. The summed E-state index contributed by atoms with van der Waals surface area (Å²) in [7, 11) is 0. The monoisotopic (exact) mass is 126 g/mol. The second-order valence-corrected chi connectivity index (χ2v) is 1.30. The van der Waals surface area contributed by atoms with Gasteiger partial charge in [0.2, 0.25) is 0 Å². The lowest BCUT2D eigenvalue weighted by Gasteiger charge is -1.68. The molecule has 0 saturated heterocycles. The van der Waals surface area contributed by atoms with Gasteiger partial charge in [-0.2, -0.15) is 0 Å². The van der Waals surface area contributed by atoms with Crippen LogP contribution in [-0.2, 0) is 0 Å². The molecule has 7 heavy (non-hydrogen) atoms. The Bertz CT molecular complexity index is 15.6. The Balaban J connectivity index is 0. The fraction of sp³-hybridized carbons (Fsp3) is 1.00. The summed E-state index contributed by atoms with van der Waals surface area (Å²) in [5.41, 5.74) is 0. The zero-order valence-electron chi connectivity index (χ0n) is 4.88. The maximum Gasteiger partial charge on any atom is 0.163 e. The largest absolute Gasteiger partial charge is 0.234 e. The molecule has 0 aromatic heterocycles. The van der Waals surface area contributed by atoms with Crippen LogP contribution in [0.2, 0.25) is 0 Å². The van der Waals surface area contributed by atoms with Gasteiger partial charge in [0.15, 0.2) is 6.13 Å². The van der Waals surface area contributed by atoms with Crippen LogP contribution in [-0.4, -0.2) is 6.13 Å². The first-order valence-corrected chi connectivity index (χ1v) is 2.98. The molecule has 2 heteroatoms. The molecule has 0 bridgehead atoms. The summed E-state index contributed by atoms with van der Waals surface area (Å²) in [4.78, 5) is 0. The van der Waals surface area contributed by atoms with Crippen molar-refractivity contribution in [2.24, 2.45) is 0 Å². The predicted octanol–water partition coefficient (Wildman–Crippen LogP) is 2.96. The average Bonchev–Trinajstić information content (AvgIpc) is 1.69. The molecule has 0 nitrogen and oxygen atoms in total. The summed E-state index contributed by atoms with van der Waals surface area (Å²) >= 11 is 4.33. The van der Waals surface area contributed by atoms with Crippen LogP contribution in [0.15, 0.2) is 0 Å². The minimum Gasteiger partial charge on any atom is -0.234 e. The van der Waals surface area contributed by atoms with Crippen molar-refractivity contribution in [3.8, 4) is 0 Å². The lowest BCUT2D eigenvalue weighted by Crippen LogP contribution is -1.47. The third kappa shape index (κ3) is 74.4. The van der Waals surface area contributed by atoms with E-state index >= 15 is 0 Å². The van der Waals surface area contributed by atoms with Crippen LogP contribution in [0.25, 0.3) is 0 Å². The molecule has 0 N–H and O–H groups in total. The summed E-state index contributed by atoms with van der Waals surface area (Å²) in [6.07, 6.45) is 1.86. The number of halogens is 2. The summed E-state index contributed by atoms with van der Waals surface area (Å²) in [6.45, 7) is 4.36. The highest BCUT2D eigenvalue weighted by Crippen LogP contribution is 1.76. The van der Waals surface area contributed by atoms with E-state index in [0.29, 0.717) is 0 Å². The van der Waals surface area contributed by atoms with Crippen LogP contribution in [0.1, 0.15) is 26.7 Å². The Hall–Kier alpha value is 0.220. The van der Waals surface area contributed by atoms with Gasteiger partial charge in [0.25, 0.3) is 0 Å². The van der Waals surface area contributed by atoms with Crippen molar-refractivity contribution < 1.29 is 4.39 Å². The van der Waals surface area contributed by atoms with Gasteiger partial charge in [0.05, 0.1) is 0 Å². The van der Waals surface area contributed by atoms with E-state index in [4.69, 9.17) is 0 Å². The highest BCUT2D eigenvalue weighted by atomic mass is 35.5. The van der Waals surface area contributed by atoms with Crippen LogP contribution in [0.5, 0.6) is 0 Å². The zero-order valence-corrected chi connectivity index (χ0v) is 5.63. The van der Waals surface area contributed by atoms with Crippen LogP contribution >= 0.6 is 11.6 Å². The van der Waals surface area contributed by atoms with E-state index < -0.39 is 6.13 Å². The molecule has 0 unspecified atom stereocenters. The molecule has 0 saturated carbocycles. The first kappa shape index (κ1) is 10.3. The standard InChI is InChI=1S/C4H10.CH2ClF/c1-3-4-2;2-1-3/h3-4H2,1-2H3;1H2. The van der Waals surface area contributed by atoms with E-state index in [2.05, 4.69) is 25.4 Å². The van der Waals surface area contributed by atoms with Gasteiger partial charge in [-0.15, -0.1) is 0 Å². The molecular weight excluding hydrogens is 115 g/mol. The number of unbranched alkanes of at least 4 members (excludes halogenated alkanes) is 1. The van der Waals surface area contributed by atoms with Crippen LogP contribution in [0.4, 0.5) is 4.39 Å². The van der Waals surface area contributed by atoms with Gasteiger partial charge < -0.3 is 0 Å². The zero-order chi connectivity index (χ0) is 6.12. The molecule has 0 aromatic carbocycles. The van der Waals surface area contributed by atoms with Crippen molar-refractivity contribution in [2.45, 2.75) is 26.7 Å². The van der Waals surface area contributed by atoms with E-state index in [1.165, 1.54) is 12.8 Å². The third-order valence-electron chi connectivity index (χ3n) is 0.500. The Labute approximate surface area is 49.7 Å². The molecule has 0 amide bonds. The molecule has 0 aliphatic rings. The van der Waals surface area contributed by atoms with Crippen molar-refractivity contribution >= 4 is 11.6 Å². The first-order valence-electron chi connectivity index (χ1n) is 2.45. The first-order chi connectivity index (χ1) is 3.33. The quantitative estimate of drug-likeness (QED) is 0.474. The molecule has 46 valence electrons. The maximum absolute atomic E-state index is 10.1. The summed E-state index contributed by atoms with van der Waals surface area (Å²) in [5.74, 6) is 0. The second-order valence-electron chi connectivity index (χ2n) is 1.10. The van der Waals surface area contributed by atoms with Crippen LogP contribution in [0, 0.1) is 0 Å². The molecule has 0 aromatic rings. The van der Waals surface area contributed by atoms with Crippen molar-refractivity contribution in [1.29, 1.82) is 0 Å². The van der Waals surface area contributed by atoms with Gasteiger partial charge in [-0.25, -0.2) is 4.39 Å². The summed E-state index contributed by atoms with van der Waals surface area (Å²) in [5, 5.41) is 0. The minimum atomic E-state index is -0.778. The third-order valence-corrected chi connectivity index (χ3v) is 0.500. The lowest BCUT2D eigenvalue weighted by atomic mass is 10.4. The number of hydrogen-bond donors (Lipinski definition) is 0. The van der Waals surface area contributed by atoms with E-state index in [-0.39, 0.29) is 0 Å². The van der Waals surface area contributed by atoms with Gasteiger partial charge in [-0.05, 0) is 0 Å². The van der Waals surface area contributed by atoms with Crippen LogP contribution < -0.4 is 0 Å². The SMILES string of the molecule is CCCC.FCCl. The van der Waals surface area contributed by atoms with Crippen molar-refractivity contribution in [3.05, 3.63) is 0 Å². The molecule has 0 spiro atoms. The van der Waals surface area contributed by atoms with Crippen LogP contribution in [0.3, 0.4) is 0 Å². The molecule has 0 rings (SSSR count). The molecule has 0 heterocycles. The summed E-state index contributed by atoms with van der Waals surface area (Å²) < 4.78 is 10.1. The van der Waals surface area contributed by atoms with Gasteiger partial charge >= 0.3 is 0 Å². The minimum absolute atomic E-state index is 0.778. The molecule has 0 atom stereocenters. The maximum atomic E-state index is 10.1. The Morgan fingerprint density at radius 2 is 1.43 bits per heavy atom. The number of rotatable bonds is 1. The fourth-order valence-electron chi connectivity index (χ4n) is 0. The van der Waals surface area contributed by atoms with E-state index in [9.17, 15) is 4.39 Å². The number of alkyl halides is 2. The average molecular weight is 127 g/mol. The van der Waals surface area contributed by atoms with Gasteiger partial charge in [-0.3, -0.25) is 0 Å². The molecule has 0 fully saturated rings. The smallest absolute Gasteiger partial charge is 0.163 e. The lowest BCUT2D eigenvalue weighted by molar-refractivity contribution is 0.599. The Kier molecular flexibility index (Phi) is 23.9. The van der Waals surface area contributed by atoms with E-state index in [1.54, 1.807) is 0 Å². The van der Waals surface area contributed by atoms with E-state index in [0.717, 1.165) is 0 Å². The van der Waals surface area contributed by atoms with Crippen molar-refractivity contribution in [2.75, 3.05) is 6.13 Å².